The van der Waals surface area contributed by atoms with Crippen molar-refractivity contribution in [2.24, 2.45) is 0 Å². The molecule has 0 spiro atoms. The average molecular weight is 259 g/mol. The minimum atomic E-state index is -3.28. The molecule has 1 aromatic carbocycles. The summed E-state index contributed by atoms with van der Waals surface area (Å²) in [5, 5.41) is 9.80. The van der Waals surface area contributed by atoms with Crippen molar-refractivity contribution in [3.05, 3.63) is 29.3 Å². The highest BCUT2D eigenvalue weighted by Gasteiger charge is 2.11. The van der Waals surface area contributed by atoms with E-state index in [4.69, 9.17) is 4.74 Å². The van der Waals surface area contributed by atoms with Gasteiger partial charge in [0.1, 0.15) is 5.75 Å². The van der Waals surface area contributed by atoms with Crippen molar-refractivity contribution in [2.45, 2.75) is 13.0 Å². The summed E-state index contributed by atoms with van der Waals surface area (Å²) in [5.41, 5.74) is 1.54. The third-order valence-corrected chi connectivity index (χ3v) is 3.03. The van der Waals surface area contributed by atoms with Crippen LogP contribution in [0.3, 0.4) is 0 Å². The van der Waals surface area contributed by atoms with E-state index in [1.165, 1.54) is 0 Å². The van der Waals surface area contributed by atoms with E-state index in [1.54, 1.807) is 25.3 Å². The third kappa shape index (κ3) is 4.33. The highest BCUT2D eigenvalue weighted by Crippen LogP contribution is 2.22. The minimum absolute atomic E-state index is 0.0371. The van der Waals surface area contributed by atoms with Crippen LogP contribution in [0.5, 0.6) is 5.75 Å². The van der Waals surface area contributed by atoms with Crippen LogP contribution in [0.15, 0.2) is 18.2 Å². The SMILES string of the molecule is COc1ccc(C(O)CNS(C)(=O)=O)cc1C. The number of aryl methyl sites for hydroxylation is 1. The fraction of sp³-hybridized carbons (Fsp3) is 0.455. The van der Waals surface area contributed by atoms with Crippen LogP contribution in [0.25, 0.3) is 0 Å². The molecule has 0 amide bonds. The lowest BCUT2D eigenvalue weighted by Crippen LogP contribution is -2.27. The number of aliphatic hydroxyl groups is 1. The second-order valence-corrected chi connectivity index (χ2v) is 5.70. The zero-order valence-corrected chi connectivity index (χ0v) is 10.9. The van der Waals surface area contributed by atoms with Gasteiger partial charge in [-0.25, -0.2) is 13.1 Å². The lowest BCUT2D eigenvalue weighted by atomic mass is 10.1. The summed E-state index contributed by atoms with van der Waals surface area (Å²) in [7, 11) is -1.71. The third-order valence-electron chi connectivity index (χ3n) is 2.34. The number of rotatable bonds is 5. The van der Waals surface area contributed by atoms with Crippen LogP contribution in [-0.4, -0.2) is 33.4 Å². The van der Waals surface area contributed by atoms with E-state index in [9.17, 15) is 13.5 Å². The maximum atomic E-state index is 10.9. The zero-order chi connectivity index (χ0) is 13.1. The summed E-state index contributed by atoms with van der Waals surface area (Å²) >= 11 is 0. The van der Waals surface area contributed by atoms with E-state index < -0.39 is 16.1 Å². The summed E-state index contributed by atoms with van der Waals surface area (Å²) in [6.45, 7) is 1.82. The van der Waals surface area contributed by atoms with E-state index >= 15 is 0 Å². The first kappa shape index (κ1) is 14.0. The summed E-state index contributed by atoms with van der Waals surface area (Å²) < 4.78 is 29.1. The van der Waals surface area contributed by atoms with Crippen LogP contribution in [0.4, 0.5) is 0 Å². The highest BCUT2D eigenvalue weighted by atomic mass is 32.2. The zero-order valence-electron chi connectivity index (χ0n) is 10.1. The molecule has 96 valence electrons. The number of aliphatic hydroxyl groups excluding tert-OH is 1. The van der Waals surface area contributed by atoms with Gasteiger partial charge in [-0.05, 0) is 30.2 Å². The fourth-order valence-electron chi connectivity index (χ4n) is 1.46. The molecule has 1 unspecified atom stereocenters. The van der Waals surface area contributed by atoms with E-state index in [2.05, 4.69) is 4.72 Å². The first-order valence-corrected chi connectivity index (χ1v) is 7.00. The standard InChI is InChI=1S/C11H17NO4S/c1-8-6-9(4-5-11(8)16-2)10(13)7-12-17(3,14)15/h4-6,10,12-13H,7H2,1-3H3. The summed E-state index contributed by atoms with van der Waals surface area (Å²) in [6.07, 6.45) is 0.188. The van der Waals surface area contributed by atoms with Crippen LogP contribution >= 0.6 is 0 Å². The van der Waals surface area contributed by atoms with Crippen molar-refractivity contribution >= 4 is 10.0 Å². The number of sulfonamides is 1. The van der Waals surface area contributed by atoms with Gasteiger partial charge in [-0.1, -0.05) is 6.07 Å². The first-order valence-electron chi connectivity index (χ1n) is 5.10. The Morgan fingerprint density at radius 2 is 2.12 bits per heavy atom. The Labute approximate surface area is 101 Å². The lowest BCUT2D eigenvalue weighted by molar-refractivity contribution is 0.182. The minimum Gasteiger partial charge on any atom is -0.496 e. The Hall–Kier alpha value is -1.11. The molecule has 0 fully saturated rings. The summed E-state index contributed by atoms with van der Waals surface area (Å²) in [4.78, 5) is 0. The molecule has 0 radical (unpaired) electrons. The van der Waals surface area contributed by atoms with Gasteiger partial charge in [0.15, 0.2) is 0 Å². The molecule has 0 aliphatic carbocycles. The molecule has 17 heavy (non-hydrogen) atoms. The second-order valence-electron chi connectivity index (χ2n) is 3.87. The molecule has 2 N–H and O–H groups in total. The quantitative estimate of drug-likeness (QED) is 0.811. The number of nitrogens with one attached hydrogen (secondary N) is 1. The lowest BCUT2D eigenvalue weighted by Gasteiger charge is -2.13. The average Bonchev–Trinajstić information content (AvgIpc) is 2.24. The molecule has 1 rings (SSSR count). The molecule has 0 aromatic heterocycles. The molecule has 5 nitrogen and oxygen atoms in total. The molecule has 0 heterocycles. The van der Waals surface area contributed by atoms with Crippen LogP contribution < -0.4 is 9.46 Å². The molecule has 0 aliphatic rings. The molecule has 1 atom stereocenters. The number of hydrogen-bond acceptors (Lipinski definition) is 4. The van der Waals surface area contributed by atoms with E-state index in [0.29, 0.717) is 5.56 Å². The van der Waals surface area contributed by atoms with Gasteiger partial charge in [-0.2, -0.15) is 0 Å². The van der Waals surface area contributed by atoms with Crippen molar-refractivity contribution < 1.29 is 18.3 Å². The molecule has 6 heteroatoms. The van der Waals surface area contributed by atoms with Crippen molar-refractivity contribution in [3.8, 4) is 5.75 Å². The summed E-state index contributed by atoms with van der Waals surface area (Å²) in [5.74, 6) is 0.733. The van der Waals surface area contributed by atoms with E-state index in [0.717, 1.165) is 17.6 Å². The fourth-order valence-corrected chi connectivity index (χ4v) is 1.92. The van der Waals surface area contributed by atoms with Gasteiger partial charge in [0.25, 0.3) is 0 Å². The van der Waals surface area contributed by atoms with Gasteiger partial charge in [0.2, 0.25) is 10.0 Å². The largest absolute Gasteiger partial charge is 0.496 e. The highest BCUT2D eigenvalue weighted by molar-refractivity contribution is 7.88. The molecule has 1 aromatic rings. The maximum absolute atomic E-state index is 10.9. The van der Waals surface area contributed by atoms with Crippen molar-refractivity contribution in [1.29, 1.82) is 0 Å². The number of hydrogen-bond donors (Lipinski definition) is 2. The number of methoxy groups -OCH3 is 1. The van der Waals surface area contributed by atoms with Crippen LogP contribution in [0, 0.1) is 6.92 Å². The Morgan fingerprint density at radius 1 is 1.47 bits per heavy atom. The van der Waals surface area contributed by atoms with Crippen molar-refractivity contribution in [1.82, 2.24) is 4.72 Å². The molecule has 0 bridgehead atoms. The van der Waals surface area contributed by atoms with Gasteiger partial charge in [-0.15, -0.1) is 0 Å². The van der Waals surface area contributed by atoms with Crippen LogP contribution in [-0.2, 0) is 10.0 Å². The van der Waals surface area contributed by atoms with Crippen molar-refractivity contribution in [3.63, 3.8) is 0 Å². The number of benzene rings is 1. The Kier molecular flexibility index (Phi) is 4.50. The Bertz CT molecular complexity index is 484. The predicted molar refractivity (Wildman–Crippen MR) is 65.5 cm³/mol. The smallest absolute Gasteiger partial charge is 0.208 e. The van der Waals surface area contributed by atoms with Gasteiger partial charge < -0.3 is 9.84 Å². The van der Waals surface area contributed by atoms with E-state index in [-0.39, 0.29) is 6.54 Å². The van der Waals surface area contributed by atoms with Crippen LogP contribution in [0.2, 0.25) is 0 Å². The normalized spacial score (nSPS) is 13.4. The number of ether oxygens (including phenoxy) is 1. The maximum Gasteiger partial charge on any atom is 0.208 e. The molecule has 0 saturated carbocycles. The topological polar surface area (TPSA) is 75.6 Å². The monoisotopic (exact) mass is 259 g/mol. The summed E-state index contributed by atoms with van der Waals surface area (Å²) in [6, 6.07) is 5.22. The van der Waals surface area contributed by atoms with Gasteiger partial charge in [-0.3, -0.25) is 0 Å². The van der Waals surface area contributed by atoms with Gasteiger partial charge in [0, 0.05) is 6.54 Å². The first-order chi connectivity index (χ1) is 7.83. The Balaban J connectivity index is 2.76. The molecule has 0 saturated heterocycles. The van der Waals surface area contributed by atoms with Gasteiger partial charge in [0.05, 0.1) is 19.5 Å². The van der Waals surface area contributed by atoms with Gasteiger partial charge >= 0.3 is 0 Å². The van der Waals surface area contributed by atoms with Crippen molar-refractivity contribution in [2.75, 3.05) is 19.9 Å². The van der Waals surface area contributed by atoms with Crippen LogP contribution in [0.1, 0.15) is 17.2 Å². The van der Waals surface area contributed by atoms with E-state index in [1.807, 2.05) is 6.92 Å². The Morgan fingerprint density at radius 3 is 2.59 bits per heavy atom. The second kappa shape index (κ2) is 5.48. The molecular formula is C11H17NO4S. The molecule has 0 aliphatic heterocycles. The predicted octanol–water partition coefficient (Wildman–Crippen LogP) is 0.586. The molecular weight excluding hydrogens is 242 g/mol.